The Labute approximate surface area is 244 Å². The third-order valence-electron chi connectivity index (χ3n) is 7.60. The minimum atomic E-state index is -0.872. The molecule has 5 aromatic rings. The summed E-state index contributed by atoms with van der Waals surface area (Å²) in [6.07, 6.45) is -0.872. The zero-order valence-electron chi connectivity index (χ0n) is 23.7. The van der Waals surface area contributed by atoms with Crippen molar-refractivity contribution < 1.29 is 19.4 Å². The number of carboxylic acid groups (broad SMARTS) is 1. The first kappa shape index (κ1) is 27.1. The van der Waals surface area contributed by atoms with Crippen molar-refractivity contribution in [3.05, 3.63) is 102 Å². The lowest BCUT2D eigenvalue weighted by Gasteiger charge is -2.40. The molecule has 9 heteroatoms. The molecule has 0 radical (unpaired) electrons. The highest BCUT2D eigenvalue weighted by Crippen LogP contribution is 2.37. The van der Waals surface area contributed by atoms with E-state index in [-0.39, 0.29) is 6.04 Å². The minimum absolute atomic E-state index is 0.0608. The number of amides is 1. The average molecular weight is 564 g/mol. The molecular formula is C33H33N5O4. The number of carbonyl (C=O) groups is 1. The summed E-state index contributed by atoms with van der Waals surface area (Å²) in [7, 11) is 1.93. The molecule has 1 amide bonds. The minimum Gasteiger partial charge on any atom is -0.473 e. The number of aromatic nitrogens is 3. The quantitative estimate of drug-likeness (QED) is 0.248. The van der Waals surface area contributed by atoms with Crippen molar-refractivity contribution in [1.82, 2.24) is 19.7 Å². The predicted molar refractivity (Wildman–Crippen MR) is 162 cm³/mol. The molecule has 0 bridgehead atoms. The van der Waals surface area contributed by atoms with Crippen LogP contribution in [0, 0.1) is 0 Å². The van der Waals surface area contributed by atoms with Crippen molar-refractivity contribution in [3.63, 3.8) is 0 Å². The van der Waals surface area contributed by atoms with Gasteiger partial charge in [0, 0.05) is 49.9 Å². The highest BCUT2D eigenvalue weighted by atomic mass is 16.5. The molecule has 0 spiro atoms. The van der Waals surface area contributed by atoms with Gasteiger partial charge in [-0.3, -0.25) is 4.68 Å². The molecule has 6 rings (SSSR count). The number of ether oxygens (including phenoxy) is 2. The van der Waals surface area contributed by atoms with Crippen LogP contribution in [-0.2, 0) is 20.3 Å². The second-order valence-electron chi connectivity index (χ2n) is 10.5. The van der Waals surface area contributed by atoms with Gasteiger partial charge in [-0.05, 0) is 42.3 Å². The van der Waals surface area contributed by atoms with E-state index in [9.17, 15) is 9.90 Å². The fourth-order valence-corrected chi connectivity index (χ4v) is 5.39. The number of fused-ring (bicyclic) bond motifs is 1. The summed E-state index contributed by atoms with van der Waals surface area (Å²) in [4.78, 5) is 19.9. The highest BCUT2D eigenvalue weighted by molar-refractivity contribution is 5.96. The Balaban J connectivity index is 1.31. The zero-order valence-corrected chi connectivity index (χ0v) is 23.7. The number of aryl methyl sites for hydroxylation is 1. The lowest BCUT2D eigenvalue weighted by Crippen LogP contribution is -2.53. The van der Waals surface area contributed by atoms with Crippen LogP contribution in [0.3, 0.4) is 0 Å². The molecule has 42 heavy (non-hydrogen) atoms. The Morgan fingerprint density at radius 3 is 2.26 bits per heavy atom. The van der Waals surface area contributed by atoms with Crippen molar-refractivity contribution in [2.24, 2.45) is 7.05 Å². The van der Waals surface area contributed by atoms with E-state index in [0.29, 0.717) is 44.6 Å². The fraction of sp³-hybridized carbons (Fsp3) is 0.242. The highest BCUT2D eigenvalue weighted by Gasteiger charge is 2.27. The average Bonchev–Trinajstić information content (AvgIpc) is 3.35. The van der Waals surface area contributed by atoms with Crippen LogP contribution >= 0.6 is 0 Å². The first-order valence-electron chi connectivity index (χ1n) is 14.0. The number of piperazine rings is 1. The van der Waals surface area contributed by atoms with Crippen LogP contribution in [0.1, 0.15) is 18.1 Å². The summed E-state index contributed by atoms with van der Waals surface area (Å²) in [5.41, 5.74) is 5.65. The SMILES string of the molecule is C[C@H]1CN(C(=O)O)CCN1c1ccc2c(-c3ccc(OCc4ccccc4)nc3OCc3ccccc3)nn(C)c2c1. The normalized spacial score (nSPS) is 15.1. The van der Waals surface area contributed by atoms with E-state index < -0.39 is 6.09 Å². The van der Waals surface area contributed by atoms with Crippen LogP contribution in [-0.4, -0.2) is 56.5 Å². The van der Waals surface area contributed by atoms with Crippen LogP contribution in [0.2, 0.25) is 0 Å². The number of benzene rings is 3. The molecule has 214 valence electrons. The molecule has 9 nitrogen and oxygen atoms in total. The van der Waals surface area contributed by atoms with Gasteiger partial charge in [0.2, 0.25) is 11.8 Å². The number of rotatable bonds is 8. The van der Waals surface area contributed by atoms with Crippen molar-refractivity contribution in [2.45, 2.75) is 26.2 Å². The summed E-state index contributed by atoms with van der Waals surface area (Å²) < 4.78 is 14.2. The number of anilines is 1. The van der Waals surface area contributed by atoms with Gasteiger partial charge >= 0.3 is 6.09 Å². The lowest BCUT2D eigenvalue weighted by molar-refractivity contribution is 0.136. The van der Waals surface area contributed by atoms with Gasteiger partial charge in [-0.15, -0.1) is 0 Å². The number of nitrogens with zero attached hydrogens (tertiary/aromatic N) is 5. The van der Waals surface area contributed by atoms with Gasteiger partial charge in [-0.2, -0.15) is 10.1 Å². The molecule has 0 saturated carbocycles. The molecule has 0 aliphatic carbocycles. The molecule has 1 saturated heterocycles. The molecule has 3 heterocycles. The standard InChI is InChI=1S/C33H33N5O4/c1-23-20-37(33(39)40)17-18-38(23)26-13-14-27-29(19-26)36(2)35-31(27)28-15-16-30(41-21-24-9-5-3-6-10-24)34-32(28)42-22-25-11-7-4-8-12-25/h3-16,19,23H,17-18,20-22H2,1-2H3,(H,39,40)/t23-/m0/s1. The maximum atomic E-state index is 11.4. The smallest absolute Gasteiger partial charge is 0.407 e. The van der Waals surface area contributed by atoms with Crippen LogP contribution in [0.25, 0.3) is 22.2 Å². The summed E-state index contributed by atoms with van der Waals surface area (Å²) in [5.74, 6) is 0.926. The third-order valence-corrected chi connectivity index (χ3v) is 7.60. The second kappa shape index (κ2) is 11.8. The van der Waals surface area contributed by atoms with Crippen molar-refractivity contribution in [3.8, 4) is 23.0 Å². The van der Waals surface area contributed by atoms with Crippen molar-refractivity contribution >= 4 is 22.7 Å². The first-order chi connectivity index (χ1) is 20.5. The summed E-state index contributed by atoms with van der Waals surface area (Å²) >= 11 is 0. The number of pyridine rings is 1. The second-order valence-corrected chi connectivity index (χ2v) is 10.5. The van der Waals surface area contributed by atoms with Gasteiger partial charge in [0.1, 0.15) is 18.9 Å². The van der Waals surface area contributed by atoms with Crippen LogP contribution in [0.4, 0.5) is 10.5 Å². The first-order valence-corrected chi connectivity index (χ1v) is 14.0. The fourth-order valence-electron chi connectivity index (χ4n) is 5.39. The van der Waals surface area contributed by atoms with Gasteiger partial charge in [-0.25, -0.2) is 4.79 Å². The molecule has 3 aromatic carbocycles. The van der Waals surface area contributed by atoms with E-state index in [0.717, 1.165) is 39.0 Å². The molecule has 1 fully saturated rings. The van der Waals surface area contributed by atoms with E-state index in [4.69, 9.17) is 19.6 Å². The van der Waals surface area contributed by atoms with Gasteiger partial charge in [0.25, 0.3) is 0 Å². The molecule has 1 aliphatic rings. The van der Waals surface area contributed by atoms with Gasteiger partial charge in [-0.1, -0.05) is 60.7 Å². The molecular weight excluding hydrogens is 530 g/mol. The largest absolute Gasteiger partial charge is 0.473 e. The van der Waals surface area contributed by atoms with Crippen LogP contribution in [0.15, 0.2) is 91.0 Å². The van der Waals surface area contributed by atoms with E-state index in [2.05, 4.69) is 30.0 Å². The van der Waals surface area contributed by atoms with Gasteiger partial charge in [0.15, 0.2) is 0 Å². The Morgan fingerprint density at radius 1 is 0.905 bits per heavy atom. The Bertz CT molecular complexity index is 1690. The maximum Gasteiger partial charge on any atom is 0.407 e. The number of hydrogen-bond acceptors (Lipinski definition) is 6. The van der Waals surface area contributed by atoms with E-state index in [1.165, 1.54) is 4.90 Å². The maximum absolute atomic E-state index is 11.4. The van der Waals surface area contributed by atoms with Crippen LogP contribution < -0.4 is 14.4 Å². The Morgan fingerprint density at radius 2 is 1.60 bits per heavy atom. The molecule has 2 aromatic heterocycles. The molecule has 0 unspecified atom stereocenters. The van der Waals surface area contributed by atoms with Gasteiger partial charge in [0.05, 0.1) is 11.1 Å². The topological polar surface area (TPSA) is 93.0 Å². The van der Waals surface area contributed by atoms with Crippen LogP contribution in [0.5, 0.6) is 11.8 Å². The van der Waals surface area contributed by atoms with E-state index >= 15 is 0 Å². The lowest BCUT2D eigenvalue weighted by atomic mass is 10.1. The predicted octanol–water partition coefficient (Wildman–Crippen LogP) is 5.98. The van der Waals surface area contributed by atoms with E-state index in [1.54, 1.807) is 0 Å². The third kappa shape index (κ3) is 5.72. The Hall–Kier alpha value is -5.05. The molecule has 1 atom stereocenters. The zero-order chi connectivity index (χ0) is 29.1. The summed E-state index contributed by atoms with van der Waals surface area (Å²) in [5, 5.41) is 15.3. The molecule has 1 N–H and O–H groups in total. The van der Waals surface area contributed by atoms with E-state index in [1.807, 2.05) is 84.5 Å². The summed E-state index contributed by atoms with van der Waals surface area (Å²) in [6.45, 7) is 4.39. The summed E-state index contributed by atoms with van der Waals surface area (Å²) in [6, 6.07) is 30.1. The van der Waals surface area contributed by atoms with Crippen molar-refractivity contribution in [2.75, 3.05) is 24.5 Å². The molecule has 1 aliphatic heterocycles. The van der Waals surface area contributed by atoms with Crippen molar-refractivity contribution in [1.29, 1.82) is 0 Å². The monoisotopic (exact) mass is 563 g/mol. The number of hydrogen-bond donors (Lipinski definition) is 1. The van der Waals surface area contributed by atoms with Gasteiger partial charge < -0.3 is 24.4 Å². The Kier molecular flexibility index (Phi) is 7.64.